The second-order valence-electron chi connectivity index (χ2n) is 3.57. The molecule has 0 aromatic heterocycles. The van der Waals surface area contributed by atoms with Crippen LogP contribution in [0.15, 0.2) is 0 Å². The molecule has 4 heteroatoms. The third-order valence-electron chi connectivity index (χ3n) is 2.21. The van der Waals surface area contributed by atoms with Crippen molar-refractivity contribution in [1.29, 1.82) is 0 Å². The maximum Gasteiger partial charge on any atom is 0.209 e. The van der Waals surface area contributed by atoms with Crippen LogP contribution in [0.5, 0.6) is 0 Å². The minimum absolute atomic E-state index is 0.105. The van der Waals surface area contributed by atoms with Crippen molar-refractivity contribution < 1.29 is 8.42 Å². The summed E-state index contributed by atoms with van der Waals surface area (Å²) >= 11 is 0. The Bertz CT molecular complexity index is 211. The molecule has 0 rings (SSSR count). The zero-order chi connectivity index (χ0) is 9.78. The van der Waals surface area contributed by atoms with Gasteiger partial charge in [0.15, 0.2) is 0 Å². The number of primary sulfonamides is 1. The summed E-state index contributed by atoms with van der Waals surface area (Å²) < 4.78 is 21.5. The Morgan fingerprint density at radius 3 is 2.08 bits per heavy atom. The van der Waals surface area contributed by atoms with Crippen molar-refractivity contribution in [3.05, 3.63) is 0 Å². The van der Waals surface area contributed by atoms with E-state index in [2.05, 4.69) is 13.8 Å². The molecule has 0 aliphatic rings. The van der Waals surface area contributed by atoms with Crippen LogP contribution < -0.4 is 5.14 Å². The van der Waals surface area contributed by atoms with Gasteiger partial charge in [0, 0.05) is 0 Å². The lowest BCUT2D eigenvalue weighted by Gasteiger charge is -2.17. The summed E-state index contributed by atoms with van der Waals surface area (Å²) in [4.78, 5) is 0. The lowest BCUT2D eigenvalue weighted by atomic mass is 9.93. The molecule has 0 amide bonds. The number of hydrogen-bond donors (Lipinski definition) is 1. The molecule has 0 aliphatic heterocycles. The Morgan fingerprint density at radius 1 is 1.25 bits per heavy atom. The molecule has 2 N–H and O–H groups in total. The van der Waals surface area contributed by atoms with Gasteiger partial charge in [-0.15, -0.1) is 0 Å². The van der Waals surface area contributed by atoms with Crippen LogP contribution in [0.2, 0.25) is 0 Å². The second-order valence-corrected chi connectivity index (χ2v) is 5.23. The predicted octanol–water partition coefficient (Wildman–Crippen LogP) is 1.35. The highest BCUT2D eigenvalue weighted by atomic mass is 32.2. The summed E-state index contributed by atoms with van der Waals surface area (Å²) in [5, 5.41) is 4.94. The maximum atomic E-state index is 10.7. The van der Waals surface area contributed by atoms with Gasteiger partial charge in [-0.2, -0.15) is 0 Å². The van der Waals surface area contributed by atoms with Gasteiger partial charge < -0.3 is 0 Å². The van der Waals surface area contributed by atoms with Crippen LogP contribution in [-0.2, 0) is 10.0 Å². The fraction of sp³-hybridized carbons (Fsp3) is 1.00. The molecule has 2 unspecified atom stereocenters. The van der Waals surface area contributed by atoms with Gasteiger partial charge in [0.25, 0.3) is 0 Å². The molecule has 0 aliphatic carbocycles. The molecule has 12 heavy (non-hydrogen) atoms. The molecule has 0 fully saturated rings. The van der Waals surface area contributed by atoms with Gasteiger partial charge in [0.1, 0.15) is 0 Å². The lowest BCUT2D eigenvalue weighted by molar-refractivity contribution is 0.388. The van der Waals surface area contributed by atoms with Gasteiger partial charge in [-0.25, -0.2) is 13.6 Å². The van der Waals surface area contributed by atoms with E-state index < -0.39 is 10.0 Å². The number of nitrogens with two attached hydrogens (primary N) is 1. The van der Waals surface area contributed by atoms with Crippen LogP contribution in [-0.4, -0.2) is 14.2 Å². The number of sulfonamides is 1. The highest BCUT2D eigenvalue weighted by Gasteiger charge is 2.16. The van der Waals surface area contributed by atoms with Gasteiger partial charge in [0.05, 0.1) is 5.75 Å². The Balaban J connectivity index is 3.95. The summed E-state index contributed by atoms with van der Waals surface area (Å²) in [5.41, 5.74) is 0. The smallest absolute Gasteiger partial charge is 0.209 e. The van der Waals surface area contributed by atoms with Crippen LogP contribution in [0, 0.1) is 11.8 Å². The molecule has 0 bridgehead atoms. The van der Waals surface area contributed by atoms with E-state index in [1.54, 1.807) is 0 Å². The first-order valence-electron chi connectivity index (χ1n) is 4.37. The van der Waals surface area contributed by atoms with Crippen molar-refractivity contribution in [2.24, 2.45) is 17.0 Å². The van der Waals surface area contributed by atoms with Crippen LogP contribution >= 0.6 is 0 Å². The molecule has 74 valence electrons. The summed E-state index contributed by atoms with van der Waals surface area (Å²) in [7, 11) is -3.29. The highest BCUT2D eigenvalue weighted by molar-refractivity contribution is 7.89. The Labute approximate surface area is 75.4 Å². The topological polar surface area (TPSA) is 60.2 Å². The zero-order valence-electron chi connectivity index (χ0n) is 8.08. The van der Waals surface area contributed by atoms with Gasteiger partial charge in [-0.3, -0.25) is 0 Å². The van der Waals surface area contributed by atoms with Gasteiger partial charge in [0.2, 0.25) is 10.0 Å². The van der Waals surface area contributed by atoms with Crippen LogP contribution in [0.4, 0.5) is 0 Å². The summed E-state index contributed by atoms with van der Waals surface area (Å²) in [6, 6.07) is 0. The number of rotatable bonds is 5. The molecule has 0 aromatic rings. The Hall–Kier alpha value is -0.0900. The largest absolute Gasteiger partial charge is 0.229 e. The molecule has 0 saturated heterocycles. The van der Waals surface area contributed by atoms with E-state index in [1.807, 2.05) is 6.92 Å². The van der Waals surface area contributed by atoms with E-state index in [9.17, 15) is 8.42 Å². The monoisotopic (exact) mass is 193 g/mol. The van der Waals surface area contributed by atoms with Crippen molar-refractivity contribution in [3.63, 3.8) is 0 Å². The molecular weight excluding hydrogens is 174 g/mol. The second kappa shape index (κ2) is 4.82. The van der Waals surface area contributed by atoms with E-state index in [4.69, 9.17) is 5.14 Å². The normalized spacial score (nSPS) is 17.3. The third kappa shape index (κ3) is 5.55. The summed E-state index contributed by atoms with van der Waals surface area (Å²) in [6.07, 6.45) is 2.16. The molecule has 0 heterocycles. The predicted molar refractivity (Wildman–Crippen MR) is 51.2 cm³/mol. The van der Waals surface area contributed by atoms with Crippen molar-refractivity contribution >= 4 is 10.0 Å². The fourth-order valence-electron chi connectivity index (χ4n) is 1.27. The minimum Gasteiger partial charge on any atom is -0.229 e. The summed E-state index contributed by atoms with van der Waals surface area (Å²) in [5.74, 6) is 0.710. The molecule has 2 atom stereocenters. The standard InChI is InChI=1S/C8H19NO2S/c1-4-5-7(2)8(3)6-12(9,10)11/h7-8H,4-6H2,1-3H3,(H2,9,10,11). The third-order valence-corrected chi connectivity index (χ3v) is 3.20. The van der Waals surface area contributed by atoms with Crippen LogP contribution in [0.25, 0.3) is 0 Å². The van der Waals surface area contributed by atoms with Crippen molar-refractivity contribution in [3.8, 4) is 0 Å². The number of hydrogen-bond acceptors (Lipinski definition) is 2. The van der Waals surface area contributed by atoms with Crippen LogP contribution in [0.1, 0.15) is 33.6 Å². The van der Waals surface area contributed by atoms with Gasteiger partial charge in [-0.05, 0) is 11.8 Å². The SMILES string of the molecule is CCCC(C)C(C)CS(N)(=O)=O. The molecular formula is C8H19NO2S. The maximum absolute atomic E-state index is 10.7. The van der Waals surface area contributed by atoms with Crippen molar-refractivity contribution in [2.75, 3.05) is 5.75 Å². The highest BCUT2D eigenvalue weighted by Crippen LogP contribution is 2.17. The van der Waals surface area contributed by atoms with Crippen molar-refractivity contribution in [2.45, 2.75) is 33.6 Å². The van der Waals surface area contributed by atoms with Gasteiger partial charge in [-0.1, -0.05) is 33.6 Å². The Morgan fingerprint density at radius 2 is 1.75 bits per heavy atom. The van der Waals surface area contributed by atoms with E-state index in [0.717, 1.165) is 12.8 Å². The first-order chi connectivity index (χ1) is 5.37. The van der Waals surface area contributed by atoms with Gasteiger partial charge >= 0.3 is 0 Å². The quantitative estimate of drug-likeness (QED) is 0.716. The Kier molecular flexibility index (Phi) is 4.78. The van der Waals surface area contributed by atoms with E-state index in [0.29, 0.717) is 5.92 Å². The average molecular weight is 193 g/mol. The first-order valence-corrected chi connectivity index (χ1v) is 6.08. The molecule has 3 nitrogen and oxygen atoms in total. The molecule has 0 aromatic carbocycles. The fourth-order valence-corrected chi connectivity index (χ4v) is 2.33. The van der Waals surface area contributed by atoms with Crippen molar-refractivity contribution in [1.82, 2.24) is 0 Å². The molecule has 0 spiro atoms. The average Bonchev–Trinajstić information content (AvgIpc) is 1.84. The minimum atomic E-state index is -3.29. The summed E-state index contributed by atoms with van der Waals surface area (Å²) in [6.45, 7) is 6.10. The van der Waals surface area contributed by atoms with E-state index in [1.165, 1.54) is 0 Å². The molecule has 0 radical (unpaired) electrons. The molecule has 0 saturated carbocycles. The van der Waals surface area contributed by atoms with E-state index in [-0.39, 0.29) is 11.7 Å². The first kappa shape index (κ1) is 11.9. The lowest BCUT2D eigenvalue weighted by Crippen LogP contribution is -2.25. The van der Waals surface area contributed by atoms with Crippen LogP contribution in [0.3, 0.4) is 0 Å². The zero-order valence-corrected chi connectivity index (χ0v) is 8.89. The van der Waals surface area contributed by atoms with E-state index >= 15 is 0 Å².